The van der Waals surface area contributed by atoms with Crippen molar-refractivity contribution in [3.8, 4) is 0 Å². The molecule has 3 rings (SSSR count). The van der Waals surface area contributed by atoms with E-state index in [-0.39, 0.29) is 34.4 Å². The molecule has 2 fully saturated rings. The van der Waals surface area contributed by atoms with Crippen LogP contribution in [0, 0.1) is 17.6 Å². The average Bonchev–Trinajstić information content (AvgIpc) is 2.76. The predicted molar refractivity (Wildman–Crippen MR) is 74.0 cm³/mol. The highest BCUT2D eigenvalue weighted by Crippen LogP contribution is 2.29. The van der Waals surface area contributed by atoms with E-state index >= 15 is 0 Å². The summed E-state index contributed by atoms with van der Waals surface area (Å²) < 4.78 is 28.0. The zero-order valence-electron chi connectivity index (χ0n) is 10.8. The summed E-state index contributed by atoms with van der Waals surface area (Å²) >= 11 is 3.05. The molecule has 1 aromatic rings. The SMILES string of the molecule is O=C1C2CCCNC2CN1Cc1c(F)ccc(Br)c1F. The molecule has 2 unspecified atom stereocenters. The first-order valence-corrected chi connectivity index (χ1v) is 7.52. The highest BCUT2D eigenvalue weighted by Gasteiger charge is 2.41. The third-order valence-corrected chi connectivity index (χ3v) is 4.73. The van der Waals surface area contributed by atoms with E-state index < -0.39 is 11.6 Å². The van der Waals surface area contributed by atoms with Crippen molar-refractivity contribution in [1.29, 1.82) is 0 Å². The number of amides is 1. The van der Waals surface area contributed by atoms with Crippen molar-refractivity contribution in [2.24, 2.45) is 5.92 Å². The lowest BCUT2D eigenvalue weighted by Crippen LogP contribution is -2.41. The van der Waals surface area contributed by atoms with E-state index in [1.807, 2.05) is 0 Å². The second kappa shape index (κ2) is 5.41. The third-order valence-electron chi connectivity index (χ3n) is 4.12. The van der Waals surface area contributed by atoms with Crippen LogP contribution in [0.2, 0.25) is 0 Å². The molecule has 0 bridgehead atoms. The first-order valence-electron chi connectivity index (χ1n) is 6.72. The molecule has 0 radical (unpaired) electrons. The van der Waals surface area contributed by atoms with E-state index in [9.17, 15) is 13.6 Å². The number of carbonyl (C=O) groups excluding carboxylic acids is 1. The molecule has 0 aliphatic carbocycles. The van der Waals surface area contributed by atoms with Crippen molar-refractivity contribution in [2.75, 3.05) is 13.1 Å². The summed E-state index contributed by atoms with van der Waals surface area (Å²) in [7, 11) is 0. The van der Waals surface area contributed by atoms with Crippen molar-refractivity contribution in [3.05, 3.63) is 33.8 Å². The van der Waals surface area contributed by atoms with Crippen LogP contribution in [-0.4, -0.2) is 29.9 Å². The molecule has 0 saturated carbocycles. The molecule has 3 nitrogen and oxygen atoms in total. The van der Waals surface area contributed by atoms with Gasteiger partial charge in [0.25, 0.3) is 0 Å². The minimum absolute atomic E-state index is 0.000903. The normalized spacial score (nSPS) is 25.9. The maximum absolute atomic E-state index is 14.0. The smallest absolute Gasteiger partial charge is 0.227 e. The maximum Gasteiger partial charge on any atom is 0.227 e. The predicted octanol–water partition coefficient (Wildman–Crippen LogP) is 2.44. The van der Waals surface area contributed by atoms with Gasteiger partial charge in [0.05, 0.1) is 16.9 Å². The summed E-state index contributed by atoms with van der Waals surface area (Å²) in [5.41, 5.74) is -0.0497. The second-order valence-electron chi connectivity index (χ2n) is 5.35. The van der Waals surface area contributed by atoms with E-state index in [1.54, 1.807) is 4.90 Å². The van der Waals surface area contributed by atoms with Gasteiger partial charge in [-0.2, -0.15) is 0 Å². The first-order chi connectivity index (χ1) is 9.58. The fourth-order valence-electron chi connectivity index (χ4n) is 3.05. The number of benzene rings is 1. The van der Waals surface area contributed by atoms with Crippen LogP contribution in [0.3, 0.4) is 0 Å². The highest BCUT2D eigenvalue weighted by atomic mass is 79.9. The van der Waals surface area contributed by atoms with Crippen LogP contribution in [0.25, 0.3) is 0 Å². The van der Waals surface area contributed by atoms with E-state index in [2.05, 4.69) is 21.2 Å². The summed E-state index contributed by atoms with van der Waals surface area (Å²) in [6.45, 7) is 1.42. The van der Waals surface area contributed by atoms with Crippen molar-refractivity contribution < 1.29 is 13.6 Å². The molecular weight excluding hydrogens is 330 g/mol. The number of halogens is 3. The lowest BCUT2D eigenvalue weighted by atomic mass is 9.94. The standard InChI is InChI=1S/C14H15BrF2N2O/c15-10-3-4-11(16)9(13(10)17)6-19-7-12-8(14(19)20)2-1-5-18-12/h3-4,8,12,18H,1-2,5-7H2. The van der Waals surface area contributed by atoms with Gasteiger partial charge in [0.15, 0.2) is 0 Å². The van der Waals surface area contributed by atoms with Crippen molar-refractivity contribution in [1.82, 2.24) is 10.2 Å². The first kappa shape index (κ1) is 13.9. The molecule has 108 valence electrons. The average molecular weight is 345 g/mol. The molecule has 20 heavy (non-hydrogen) atoms. The molecule has 1 aromatic carbocycles. The van der Waals surface area contributed by atoms with Crippen LogP contribution in [-0.2, 0) is 11.3 Å². The number of rotatable bonds is 2. The van der Waals surface area contributed by atoms with Gasteiger partial charge in [0, 0.05) is 18.2 Å². The zero-order chi connectivity index (χ0) is 14.3. The summed E-state index contributed by atoms with van der Waals surface area (Å²) in [5.74, 6) is -1.27. The summed E-state index contributed by atoms with van der Waals surface area (Å²) in [6.07, 6.45) is 1.83. The minimum Gasteiger partial charge on any atom is -0.336 e. The van der Waals surface area contributed by atoms with Crippen LogP contribution in [0.5, 0.6) is 0 Å². The Balaban J connectivity index is 1.82. The van der Waals surface area contributed by atoms with Crippen molar-refractivity contribution >= 4 is 21.8 Å². The fourth-order valence-corrected chi connectivity index (χ4v) is 3.42. The van der Waals surface area contributed by atoms with Gasteiger partial charge in [-0.3, -0.25) is 4.79 Å². The van der Waals surface area contributed by atoms with Gasteiger partial charge >= 0.3 is 0 Å². The van der Waals surface area contributed by atoms with Crippen molar-refractivity contribution in [3.63, 3.8) is 0 Å². The van der Waals surface area contributed by atoms with Gasteiger partial charge in [0.2, 0.25) is 5.91 Å². The number of hydrogen-bond donors (Lipinski definition) is 1. The molecule has 0 aromatic heterocycles. The Kier molecular flexibility index (Phi) is 3.77. The van der Waals surface area contributed by atoms with Crippen LogP contribution in [0.15, 0.2) is 16.6 Å². The Hall–Kier alpha value is -1.01. The molecule has 2 saturated heterocycles. The number of nitrogens with zero attached hydrogens (tertiary/aromatic N) is 1. The zero-order valence-corrected chi connectivity index (χ0v) is 12.4. The number of nitrogens with one attached hydrogen (secondary N) is 1. The molecule has 0 spiro atoms. The number of fused-ring (bicyclic) bond motifs is 1. The van der Waals surface area contributed by atoms with Gasteiger partial charge in [-0.1, -0.05) is 0 Å². The van der Waals surface area contributed by atoms with Gasteiger partial charge in [-0.05, 0) is 47.4 Å². The van der Waals surface area contributed by atoms with E-state index in [1.165, 1.54) is 12.1 Å². The second-order valence-corrected chi connectivity index (χ2v) is 6.20. The van der Waals surface area contributed by atoms with Crippen LogP contribution in [0.4, 0.5) is 8.78 Å². The largest absolute Gasteiger partial charge is 0.336 e. The molecule has 1 amide bonds. The number of likely N-dealkylation sites (tertiary alicyclic amines) is 1. The number of piperidine rings is 1. The van der Waals surface area contributed by atoms with Gasteiger partial charge in [-0.25, -0.2) is 8.78 Å². The van der Waals surface area contributed by atoms with Gasteiger partial charge in [0.1, 0.15) is 11.6 Å². The van der Waals surface area contributed by atoms with E-state index in [4.69, 9.17) is 0 Å². The topological polar surface area (TPSA) is 32.3 Å². The Morgan fingerprint density at radius 1 is 1.40 bits per heavy atom. The van der Waals surface area contributed by atoms with Gasteiger partial charge in [-0.15, -0.1) is 0 Å². The Bertz CT molecular complexity index is 552. The highest BCUT2D eigenvalue weighted by molar-refractivity contribution is 9.10. The monoisotopic (exact) mass is 344 g/mol. The quantitative estimate of drug-likeness (QED) is 0.835. The van der Waals surface area contributed by atoms with Crippen LogP contribution in [0.1, 0.15) is 18.4 Å². The molecule has 2 aliphatic rings. The molecule has 6 heteroatoms. The molecule has 2 heterocycles. The van der Waals surface area contributed by atoms with Gasteiger partial charge < -0.3 is 10.2 Å². The Morgan fingerprint density at radius 3 is 2.95 bits per heavy atom. The van der Waals surface area contributed by atoms with E-state index in [0.29, 0.717) is 6.54 Å². The number of carbonyl (C=O) groups is 1. The van der Waals surface area contributed by atoms with E-state index in [0.717, 1.165) is 19.4 Å². The van der Waals surface area contributed by atoms with Crippen LogP contribution >= 0.6 is 15.9 Å². The third kappa shape index (κ3) is 2.35. The lowest BCUT2D eigenvalue weighted by Gasteiger charge is -2.23. The Morgan fingerprint density at radius 2 is 2.20 bits per heavy atom. The summed E-state index contributed by atoms with van der Waals surface area (Å²) in [6, 6.07) is 2.67. The fraction of sp³-hybridized carbons (Fsp3) is 0.500. The minimum atomic E-state index is -0.624. The van der Waals surface area contributed by atoms with Crippen LogP contribution < -0.4 is 5.32 Å². The van der Waals surface area contributed by atoms with Crippen molar-refractivity contribution in [2.45, 2.75) is 25.4 Å². The summed E-state index contributed by atoms with van der Waals surface area (Å²) in [4.78, 5) is 13.8. The Labute approximate surface area is 124 Å². The lowest BCUT2D eigenvalue weighted by molar-refractivity contribution is -0.132. The molecular formula is C14H15BrF2N2O. The summed E-state index contributed by atoms with van der Waals surface area (Å²) in [5, 5.41) is 3.31. The molecule has 1 N–H and O–H groups in total. The molecule has 2 atom stereocenters. The number of hydrogen-bond acceptors (Lipinski definition) is 2. The maximum atomic E-state index is 14.0. The molecule has 2 aliphatic heterocycles.